The predicted octanol–water partition coefficient (Wildman–Crippen LogP) is 5.85. The Kier molecular flexibility index (Phi) is 7.41. The van der Waals surface area contributed by atoms with E-state index in [4.69, 9.17) is 9.72 Å². The number of piperazine rings is 1. The molecule has 1 aliphatic rings. The van der Waals surface area contributed by atoms with Crippen LogP contribution in [0.5, 0.6) is 5.75 Å². The average molecular weight is 562 g/mol. The van der Waals surface area contributed by atoms with E-state index in [0.717, 1.165) is 39.5 Å². The molecule has 0 saturated carbocycles. The lowest BCUT2D eigenvalue weighted by atomic mass is 10.1. The summed E-state index contributed by atoms with van der Waals surface area (Å²) in [5, 5.41) is 11.2. The number of non-ortho nitro benzene ring substituents is 1. The summed E-state index contributed by atoms with van der Waals surface area (Å²) < 4.78 is 7.67. The monoisotopic (exact) mass is 561 g/mol. The number of carbonyl (C=O) groups is 1. The molecule has 0 bridgehead atoms. The number of hydrogen-bond acceptors (Lipinski definition) is 6. The molecule has 1 amide bonds. The Morgan fingerprint density at radius 1 is 0.905 bits per heavy atom. The van der Waals surface area contributed by atoms with E-state index in [2.05, 4.69) is 58.8 Å². The molecule has 1 aliphatic heterocycles. The molecule has 0 spiro atoms. The van der Waals surface area contributed by atoms with Gasteiger partial charge in [0.15, 0.2) is 0 Å². The minimum Gasteiger partial charge on any atom is -0.497 e. The first-order chi connectivity index (χ1) is 20.4. The molecule has 0 unspecified atom stereocenters. The van der Waals surface area contributed by atoms with Gasteiger partial charge in [-0.1, -0.05) is 48.0 Å². The van der Waals surface area contributed by atoms with Gasteiger partial charge in [-0.05, 0) is 48.4 Å². The fraction of sp³-hybridized carbons (Fsp3) is 0.212. The van der Waals surface area contributed by atoms with Gasteiger partial charge in [-0.2, -0.15) is 0 Å². The highest BCUT2D eigenvalue weighted by Gasteiger charge is 2.25. The largest absolute Gasteiger partial charge is 0.497 e. The molecule has 9 nitrogen and oxygen atoms in total. The highest BCUT2D eigenvalue weighted by molar-refractivity contribution is 5.95. The third-order valence-electron chi connectivity index (χ3n) is 7.75. The number of aromatic nitrogens is 2. The Morgan fingerprint density at radius 3 is 2.43 bits per heavy atom. The number of imidazole rings is 1. The van der Waals surface area contributed by atoms with E-state index in [0.29, 0.717) is 38.3 Å². The number of fused-ring (bicyclic) bond motifs is 1. The van der Waals surface area contributed by atoms with Crippen LogP contribution in [0.1, 0.15) is 21.6 Å². The molecule has 1 fully saturated rings. The van der Waals surface area contributed by atoms with Crippen LogP contribution in [0.4, 0.5) is 5.69 Å². The molecular formula is C33H31N5O4. The normalized spacial score (nSPS) is 13.8. The van der Waals surface area contributed by atoms with Gasteiger partial charge in [0, 0.05) is 62.2 Å². The molecule has 212 valence electrons. The van der Waals surface area contributed by atoms with Gasteiger partial charge in [0.2, 0.25) is 0 Å². The number of methoxy groups -OCH3 is 1. The maximum absolute atomic E-state index is 13.1. The second kappa shape index (κ2) is 11.5. The van der Waals surface area contributed by atoms with Gasteiger partial charge in [0.05, 0.1) is 23.4 Å². The Hall–Kier alpha value is -5.02. The zero-order valence-electron chi connectivity index (χ0n) is 23.6. The van der Waals surface area contributed by atoms with Crippen molar-refractivity contribution in [2.45, 2.75) is 13.5 Å². The first kappa shape index (κ1) is 27.2. The third-order valence-corrected chi connectivity index (χ3v) is 7.75. The van der Waals surface area contributed by atoms with Gasteiger partial charge < -0.3 is 14.0 Å². The smallest absolute Gasteiger partial charge is 0.270 e. The predicted molar refractivity (Wildman–Crippen MR) is 162 cm³/mol. The third kappa shape index (κ3) is 5.46. The van der Waals surface area contributed by atoms with Crippen LogP contribution < -0.4 is 4.74 Å². The number of carbonyl (C=O) groups excluding carboxylic acids is 1. The molecule has 5 aromatic rings. The summed E-state index contributed by atoms with van der Waals surface area (Å²) in [6.07, 6.45) is 2.15. The zero-order chi connectivity index (χ0) is 29.2. The molecular weight excluding hydrogens is 530 g/mol. The zero-order valence-corrected chi connectivity index (χ0v) is 23.6. The maximum atomic E-state index is 13.1. The summed E-state index contributed by atoms with van der Waals surface area (Å²) in [6.45, 7) is 5.13. The van der Waals surface area contributed by atoms with Crippen LogP contribution in [0.2, 0.25) is 0 Å². The van der Waals surface area contributed by atoms with Crippen molar-refractivity contribution >= 4 is 17.2 Å². The number of ether oxygens (including phenoxy) is 1. The van der Waals surface area contributed by atoms with Crippen LogP contribution in [0, 0.1) is 17.0 Å². The van der Waals surface area contributed by atoms with E-state index in [1.54, 1.807) is 24.1 Å². The summed E-state index contributed by atoms with van der Waals surface area (Å²) >= 11 is 0. The Bertz CT molecular complexity index is 1790. The van der Waals surface area contributed by atoms with Gasteiger partial charge >= 0.3 is 0 Å². The van der Waals surface area contributed by atoms with E-state index >= 15 is 0 Å². The van der Waals surface area contributed by atoms with E-state index in [-0.39, 0.29) is 11.6 Å². The quantitative estimate of drug-likeness (QED) is 0.183. The molecule has 3 aromatic carbocycles. The summed E-state index contributed by atoms with van der Waals surface area (Å²) in [5.74, 6) is 0.581. The molecule has 0 aliphatic carbocycles. The number of hydrogen-bond donors (Lipinski definition) is 0. The molecule has 2 aromatic heterocycles. The molecule has 0 N–H and O–H groups in total. The first-order valence-corrected chi connectivity index (χ1v) is 13.9. The average Bonchev–Trinajstić information content (AvgIpc) is 3.38. The number of pyridine rings is 1. The van der Waals surface area contributed by atoms with Crippen LogP contribution in [-0.4, -0.2) is 63.3 Å². The standard InChI is InChI=1S/C33H31N5O4/c1-23-6-3-7-24(18-23)27-12-13-31-34-32(25-8-5-11-29(20-25)42-2)30(37(31)21-27)22-35-14-16-36(17-15-35)33(39)26-9-4-10-28(19-26)38(40)41/h3-13,18-21H,14-17,22H2,1-2H3. The van der Waals surface area contributed by atoms with Crippen LogP contribution in [-0.2, 0) is 6.54 Å². The second-order valence-electron chi connectivity index (χ2n) is 10.5. The molecule has 9 heteroatoms. The van der Waals surface area contributed by atoms with Gasteiger partial charge in [0.25, 0.3) is 11.6 Å². The Morgan fingerprint density at radius 2 is 1.67 bits per heavy atom. The van der Waals surface area contributed by atoms with Gasteiger partial charge in [0.1, 0.15) is 11.4 Å². The lowest BCUT2D eigenvalue weighted by Crippen LogP contribution is -2.48. The van der Waals surface area contributed by atoms with E-state index in [1.165, 1.54) is 17.7 Å². The van der Waals surface area contributed by atoms with Gasteiger partial charge in [-0.15, -0.1) is 0 Å². The number of aryl methyl sites for hydroxylation is 1. The summed E-state index contributed by atoms with van der Waals surface area (Å²) in [6, 6.07) is 26.5. The molecule has 0 atom stereocenters. The minimum absolute atomic E-state index is 0.0813. The highest BCUT2D eigenvalue weighted by Crippen LogP contribution is 2.31. The number of amides is 1. The minimum atomic E-state index is -0.477. The maximum Gasteiger partial charge on any atom is 0.270 e. The molecule has 42 heavy (non-hydrogen) atoms. The van der Waals surface area contributed by atoms with E-state index in [1.807, 2.05) is 24.3 Å². The summed E-state index contributed by atoms with van der Waals surface area (Å²) in [4.78, 5) is 33.0. The highest BCUT2D eigenvalue weighted by atomic mass is 16.6. The second-order valence-corrected chi connectivity index (χ2v) is 10.5. The van der Waals surface area contributed by atoms with Crippen molar-refractivity contribution in [2.24, 2.45) is 0 Å². The molecule has 3 heterocycles. The lowest BCUT2D eigenvalue weighted by molar-refractivity contribution is -0.384. The van der Waals surface area contributed by atoms with Crippen molar-refractivity contribution in [3.05, 3.63) is 118 Å². The fourth-order valence-corrected chi connectivity index (χ4v) is 5.50. The van der Waals surface area contributed by atoms with Crippen molar-refractivity contribution in [3.8, 4) is 28.1 Å². The van der Waals surface area contributed by atoms with Crippen LogP contribution in [0.25, 0.3) is 28.0 Å². The number of nitro benzene ring substituents is 1. The van der Waals surface area contributed by atoms with Crippen molar-refractivity contribution in [3.63, 3.8) is 0 Å². The van der Waals surface area contributed by atoms with Crippen molar-refractivity contribution in [1.82, 2.24) is 19.2 Å². The van der Waals surface area contributed by atoms with Crippen molar-refractivity contribution < 1.29 is 14.5 Å². The SMILES string of the molecule is COc1cccc(-c2nc3ccc(-c4cccc(C)c4)cn3c2CN2CCN(C(=O)c3cccc([N+](=O)[O-])c3)CC2)c1. The Labute approximate surface area is 243 Å². The molecule has 1 saturated heterocycles. The lowest BCUT2D eigenvalue weighted by Gasteiger charge is -2.34. The number of benzene rings is 3. The Balaban J connectivity index is 1.29. The number of nitrogens with zero attached hydrogens (tertiary/aromatic N) is 5. The van der Waals surface area contributed by atoms with E-state index in [9.17, 15) is 14.9 Å². The van der Waals surface area contributed by atoms with Crippen LogP contribution in [0.3, 0.4) is 0 Å². The van der Waals surface area contributed by atoms with E-state index < -0.39 is 4.92 Å². The number of nitro groups is 1. The topological polar surface area (TPSA) is 93.2 Å². The molecule has 0 radical (unpaired) electrons. The molecule has 6 rings (SSSR count). The summed E-state index contributed by atoms with van der Waals surface area (Å²) in [7, 11) is 1.66. The van der Waals surface area contributed by atoms with Crippen molar-refractivity contribution in [1.29, 1.82) is 0 Å². The van der Waals surface area contributed by atoms with Crippen LogP contribution >= 0.6 is 0 Å². The van der Waals surface area contributed by atoms with Gasteiger partial charge in [-0.3, -0.25) is 19.8 Å². The van der Waals surface area contributed by atoms with Crippen LogP contribution in [0.15, 0.2) is 91.1 Å². The van der Waals surface area contributed by atoms with Gasteiger partial charge in [-0.25, -0.2) is 4.98 Å². The van der Waals surface area contributed by atoms with Crippen molar-refractivity contribution in [2.75, 3.05) is 33.3 Å². The number of rotatable bonds is 7. The summed E-state index contributed by atoms with van der Waals surface area (Å²) in [5.41, 5.74) is 7.50. The first-order valence-electron chi connectivity index (χ1n) is 13.9. The fourth-order valence-electron chi connectivity index (χ4n) is 5.50.